The maximum atomic E-state index is 12.3. The number of carbonyl (C=O) groups excluding carboxylic acids is 1. The lowest BCUT2D eigenvalue weighted by atomic mass is 10.1. The van der Waals surface area contributed by atoms with Gasteiger partial charge in [0.25, 0.3) is 0 Å². The lowest BCUT2D eigenvalue weighted by molar-refractivity contribution is -0.116. The van der Waals surface area contributed by atoms with Gasteiger partial charge in [-0.2, -0.15) is 0 Å². The molecular formula is C20H17ClN2O3S3. The zero-order chi connectivity index (χ0) is 20.4. The third-order valence-corrected chi connectivity index (χ3v) is 8.76. The average Bonchev–Trinajstić information content (AvgIpc) is 3.11. The zero-order valence-corrected chi connectivity index (χ0v) is 18.4. The molecule has 1 N–H and O–H groups in total. The van der Waals surface area contributed by atoms with Crippen molar-refractivity contribution in [3.8, 4) is 11.3 Å². The molecule has 1 amide bonds. The van der Waals surface area contributed by atoms with E-state index < -0.39 is 9.84 Å². The topological polar surface area (TPSA) is 76.1 Å². The van der Waals surface area contributed by atoms with Crippen LogP contribution in [0.4, 0.5) is 5.13 Å². The first-order valence-electron chi connectivity index (χ1n) is 8.92. The third-order valence-electron chi connectivity index (χ3n) is 4.43. The molecule has 1 aromatic heterocycles. The van der Waals surface area contributed by atoms with Crippen LogP contribution in [0, 0.1) is 0 Å². The van der Waals surface area contributed by atoms with Crippen molar-refractivity contribution in [1.29, 1.82) is 0 Å². The molecular weight excluding hydrogens is 448 g/mol. The van der Waals surface area contributed by atoms with Crippen molar-refractivity contribution in [2.45, 2.75) is 28.4 Å². The van der Waals surface area contributed by atoms with Gasteiger partial charge in [-0.15, -0.1) is 23.1 Å². The number of hydrogen-bond donors (Lipinski definition) is 1. The van der Waals surface area contributed by atoms with E-state index in [9.17, 15) is 13.2 Å². The number of thioether (sulfide) groups is 1. The Morgan fingerprint density at radius 1 is 1.14 bits per heavy atom. The molecule has 0 bridgehead atoms. The summed E-state index contributed by atoms with van der Waals surface area (Å²) in [6, 6.07) is 14.1. The Labute approximate surface area is 182 Å². The Balaban J connectivity index is 1.35. The van der Waals surface area contributed by atoms with Gasteiger partial charge in [0.05, 0.1) is 16.3 Å². The fourth-order valence-corrected chi connectivity index (χ4v) is 6.56. The highest BCUT2D eigenvalue weighted by Gasteiger charge is 2.22. The molecule has 29 heavy (non-hydrogen) atoms. The van der Waals surface area contributed by atoms with Gasteiger partial charge in [0.1, 0.15) is 0 Å². The summed E-state index contributed by atoms with van der Waals surface area (Å²) < 4.78 is 24.7. The molecule has 0 atom stereocenters. The average molecular weight is 465 g/mol. The van der Waals surface area contributed by atoms with Crippen LogP contribution in [-0.2, 0) is 20.4 Å². The number of carbonyl (C=O) groups is 1. The largest absolute Gasteiger partial charge is 0.302 e. The molecule has 1 aliphatic heterocycles. The van der Waals surface area contributed by atoms with E-state index in [1.54, 1.807) is 23.9 Å². The van der Waals surface area contributed by atoms with Gasteiger partial charge in [-0.25, -0.2) is 13.4 Å². The summed E-state index contributed by atoms with van der Waals surface area (Å²) in [5.74, 6) is 0.503. The van der Waals surface area contributed by atoms with Crippen molar-refractivity contribution in [2.75, 3.05) is 11.1 Å². The van der Waals surface area contributed by atoms with Crippen LogP contribution in [-0.4, -0.2) is 25.1 Å². The Morgan fingerprint density at radius 3 is 2.69 bits per heavy atom. The van der Waals surface area contributed by atoms with Gasteiger partial charge in [-0.3, -0.25) is 4.79 Å². The first-order valence-corrected chi connectivity index (χ1v) is 12.8. The summed E-state index contributed by atoms with van der Waals surface area (Å²) in [5, 5.41) is 3.85. The van der Waals surface area contributed by atoms with Gasteiger partial charge < -0.3 is 5.32 Å². The standard InChI is InChI=1S/C20H17ClN2O3S3/c21-13-7-9-14(10-8-13)29(25,26)11-3-6-18(24)22-20-23-19-15-4-1-2-5-16(15)27-12-17(19)28-20/h1-2,4-5,7-10H,3,6,11-12H2,(H,22,23,24). The number of sulfone groups is 1. The first kappa shape index (κ1) is 20.4. The molecule has 0 saturated heterocycles. The number of hydrogen-bond acceptors (Lipinski definition) is 6. The van der Waals surface area contributed by atoms with Crippen molar-refractivity contribution in [3.05, 3.63) is 58.4 Å². The molecule has 0 saturated carbocycles. The van der Waals surface area contributed by atoms with Crippen molar-refractivity contribution in [2.24, 2.45) is 0 Å². The van der Waals surface area contributed by atoms with Crippen molar-refractivity contribution >= 4 is 55.6 Å². The van der Waals surface area contributed by atoms with E-state index in [4.69, 9.17) is 11.6 Å². The summed E-state index contributed by atoms with van der Waals surface area (Å²) in [5.41, 5.74) is 2.01. The predicted molar refractivity (Wildman–Crippen MR) is 118 cm³/mol. The predicted octanol–water partition coefficient (Wildman–Crippen LogP) is 5.26. The van der Waals surface area contributed by atoms with E-state index in [0.717, 1.165) is 21.9 Å². The maximum absolute atomic E-state index is 12.3. The van der Waals surface area contributed by atoms with Crippen LogP contribution in [0.25, 0.3) is 11.3 Å². The second kappa shape index (κ2) is 8.47. The van der Waals surface area contributed by atoms with E-state index in [0.29, 0.717) is 10.2 Å². The fraction of sp³-hybridized carbons (Fsp3) is 0.200. The van der Waals surface area contributed by atoms with Crippen LogP contribution in [0.2, 0.25) is 5.02 Å². The minimum Gasteiger partial charge on any atom is -0.302 e. The summed E-state index contributed by atoms with van der Waals surface area (Å²) in [4.78, 5) is 19.4. The quantitative estimate of drug-likeness (QED) is 0.538. The number of nitrogens with zero attached hydrogens (tertiary/aromatic N) is 1. The molecule has 5 nitrogen and oxygen atoms in total. The highest BCUT2D eigenvalue weighted by Crippen LogP contribution is 2.44. The summed E-state index contributed by atoms with van der Waals surface area (Å²) >= 11 is 9.03. The van der Waals surface area contributed by atoms with Crippen molar-refractivity contribution < 1.29 is 13.2 Å². The minimum absolute atomic E-state index is 0.0968. The van der Waals surface area contributed by atoms with E-state index in [-0.39, 0.29) is 29.4 Å². The lowest BCUT2D eigenvalue weighted by Gasteiger charge is -2.13. The molecule has 150 valence electrons. The molecule has 1 aliphatic rings. The number of nitrogens with one attached hydrogen (secondary N) is 1. The molecule has 0 fully saturated rings. The Kier molecular flexibility index (Phi) is 5.96. The number of rotatable bonds is 6. The number of amides is 1. The molecule has 0 unspecified atom stereocenters. The van der Waals surface area contributed by atoms with Gasteiger partial charge in [-0.1, -0.05) is 29.8 Å². The Hall–Kier alpha value is -1.87. The van der Waals surface area contributed by atoms with Crippen LogP contribution in [0.5, 0.6) is 0 Å². The Morgan fingerprint density at radius 2 is 1.90 bits per heavy atom. The molecule has 0 aliphatic carbocycles. The normalized spacial score (nSPS) is 12.9. The van der Waals surface area contributed by atoms with Gasteiger partial charge in [-0.05, 0) is 36.8 Å². The second-order valence-corrected chi connectivity index (χ2v) is 11.1. The van der Waals surface area contributed by atoms with Gasteiger partial charge in [0.15, 0.2) is 15.0 Å². The molecule has 0 radical (unpaired) electrons. The third kappa shape index (κ3) is 4.66. The molecule has 3 aromatic rings. The van der Waals surface area contributed by atoms with Crippen LogP contribution in [0.1, 0.15) is 17.7 Å². The first-order chi connectivity index (χ1) is 13.9. The second-order valence-electron chi connectivity index (χ2n) is 6.50. The minimum atomic E-state index is -3.44. The van der Waals surface area contributed by atoms with E-state index in [1.807, 2.05) is 18.2 Å². The summed E-state index contributed by atoms with van der Waals surface area (Å²) in [6.07, 6.45) is 0.350. The number of fused-ring (bicyclic) bond motifs is 3. The number of aromatic nitrogens is 1. The monoisotopic (exact) mass is 464 g/mol. The summed E-state index contributed by atoms with van der Waals surface area (Å²) in [7, 11) is -3.44. The molecule has 4 rings (SSSR count). The van der Waals surface area contributed by atoms with E-state index in [1.165, 1.54) is 28.4 Å². The van der Waals surface area contributed by atoms with Crippen LogP contribution in [0.3, 0.4) is 0 Å². The highest BCUT2D eigenvalue weighted by molar-refractivity contribution is 7.98. The van der Waals surface area contributed by atoms with Crippen LogP contribution < -0.4 is 5.32 Å². The fourth-order valence-electron chi connectivity index (χ4n) is 3.01. The van der Waals surface area contributed by atoms with Gasteiger partial charge >= 0.3 is 0 Å². The van der Waals surface area contributed by atoms with Crippen molar-refractivity contribution in [3.63, 3.8) is 0 Å². The van der Waals surface area contributed by atoms with Crippen molar-refractivity contribution in [1.82, 2.24) is 4.98 Å². The van der Waals surface area contributed by atoms with Crippen LogP contribution in [0.15, 0.2) is 58.3 Å². The molecule has 0 spiro atoms. The van der Waals surface area contributed by atoms with E-state index >= 15 is 0 Å². The lowest BCUT2D eigenvalue weighted by Crippen LogP contribution is -2.14. The van der Waals surface area contributed by atoms with Gasteiger partial charge in [0, 0.05) is 32.5 Å². The number of thiazole rings is 1. The molecule has 2 heterocycles. The molecule has 2 aromatic carbocycles. The Bertz CT molecular complexity index is 1160. The number of anilines is 1. The maximum Gasteiger partial charge on any atom is 0.226 e. The SMILES string of the molecule is O=C(CCCS(=O)(=O)c1ccc(Cl)cc1)Nc1nc2c(s1)CSc1ccccc1-2. The zero-order valence-electron chi connectivity index (χ0n) is 15.2. The highest BCUT2D eigenvalue weighted by atomic mass is 35.5. The summed E-state index contributed by atoms with van der Waals surface area (Å²) in [6.45, 7) is 0. The number of benzene rings is 2. The smallest absolute Gasteiger partial charge is 0.226 e. The van der Waals surface area contributed by atoms with Crippen LogP contribution >= 0.6 is 34.7 Å². The molecule has 9 heteroatoms. The number of halogens is 1. The van der Waals surface area contributed by atoms with E-state index in [2.05, 4.69) is 16.4 Å². The van der Waals surface area contributed by atoms with Gasteiger partial charge in [0.2, 0.25) is 5.91 Å².